The van der Waals surface area contributed by atoms with Crippen LogP contribution in [0.1, 0.15) is 12.5 Å². The van der Waals surface area contributed by atoms with Gasteiger partial charge in [0.15, 0.2) is 5.82 Å². The number of aryl methyl sites for hydroxylation is 1. The highest BCUT2D eigenvalue weighted by atomic mass is 35.5. The van der Waals surface area contributed by atoms with Crippen LogP contribution in [0.2, 0.25) is 5.02 Å². The number of hydrogen-bond donors (Lipinski definition) is 2. The van der Waals surface area contributed by atoms with Crippen molar-refractivity contribution in [3.05, 3.63) is 66.4 Å². The van der Waals surface area contributed by atoms with Crippen LogP contribution in [0.4, 0.5) is 17.5 Å². The molecule has 0 unspecified atom stereocenters. The van der Waals surface area contributed by atoms with Gasteiger partial charge in [0.05, 0.1) is 31.2 Å². The Kier molecular flexibility index (Phi) is 5.58. The fourth-order valence-electron chi connectivity index (χ4n) is 2.35. The van der Waals surface area contributed by atoms with E-state index in [0.29, 0.717) is 28.6 Å². The van der Waals surface area contributed by atoms with Gasteiger partial charge in [-0.05, 0) is 19.9 Å². The molecule has 0 aliphatic carbocycles. The Morgan fingerprint density at radius 2 is 2.12 bits per heavy atom. The third-order valence-electron chi connectivity index (χ3n) is 3.66. The van der Waals surface area contributed by atoms with Crippen molar-refractivity contribution in [3.8, 4) is 5.75 Å². The molecule has 1 aromatic carbocycles. The maximum atomic E-state index is 6.23. The average molecular weight is 371 g/mol. The summed E-state index contributed by atoms with van der Waals surface area (Å²) in [6.45, 7) is 6.86. The summed E-state index contributed by atoms with van der Waals surface area (Å²) in [5.74, 6) is 1.56. The van der Waals surface area contributed by atoms with Crippen LogP contribution < -0.4 is 15.4 Å². The Labute approximate surface area is 157 Å². The van der Waals surface area contributed by atoms with Crippen LogP contribution in [-0.2, 0) is 6.54 Å². The molecule has 2 N–H and O–H groups in total. The number of hydrogen-bond acceptors (Lipinski definition) is 6. The normalized spacial score (nSPS) is 10.8. The molecule has 7 nitrogen and oxygen atoms in total. The Balaban J connectivity index is 1.79. The zero-order valence-electron chi connectivity index (χ0n) is 14.5. The third-order valence-corrected chi connectivity index (χ3v) is 3.94. The molecule has 3 aromatic rings. The zero-order chi connectivity index (χ0) is 18.5. The van der Waals surface area contributed by atoms with Crippen LogP contribution in [0, 0.1) is 13.0 Å². The predicted octanol–water partition coefficient (Wildman–Crippen LogP) is 3.92. The molecule has 0 saturated heterocycles. The summed E-state index contributed by atoms with van der Waals surface area (Å²) in [6.07, 6.45) is 5.11. The SMILES string of the molecule is [CH2][C](Nc1nc(Nc2cnn(CC)c2)ncc1Cl)c1ccccc1OC. The van der Waals surface area contributed by atoms with Gasteiger partial charge >= 0.3 is 0 Å². The van der Waals surface area contributed by atoms with Crippen molar-refractivity contribution in [2.45, 2.75) is 13.5 Å². The van der Waals surface area contributed by atoms with E-state index >= 15 is 0 Å². The number of nitrogens with one attached hydrogen (secondary N) is 2. The first kappa shape index (κ1) is 18.0. The van der Waals surface area contributed by atoms with Gasteiger partial charge in [-0.3, -0.25) is 4.68 Å². The highest BCUT2D eigenvalue weighted by Gasteiger charge is 2.15. The van der Waals surface area contributed by atoms with Crippen molar-refractivity contribution < 1.29 is 4.74 Å². The molecule has 3 rings (SSSR count). The molecular weight excluding hydrogens is 352 g/mol. The van der Waals surface area contributed by atoms with E-state index in [1.54, 1.807) is 18.0 Å². The second-order valence-electron chi connectivity index (χ2n) is 5.40. The van der Waals surface area contributed by atoms with E-state index in [-0.39, 0.29) is 0 Å². The van der Waals surface area contributed by atoms with Crippen LogP contribution >= 0.6 is 11.6 Å². The van der Waals surface area contributed by atoms with E-state index in [1.807, 2.05) is 37.4 Å². The molecule has 0 saturated carbocycles. The summed E-state index contributed by atoms with van der Waals surface area (Å²) in [5, 5.41) is 10.8. The first-order valence-electron chi connectivity index (χ1n) is 8.02. The van der Waals surface area contributed by atoms with Crippen LogP contribution in [0.25, 0.3) is 0 Å². The highest BCUT2D eigenvalue weighted by molar-refractivity contribution is 6.32. The lowest BCUT2D eigenvalue weighted by Gasteiger charge is -2.17. The Bertz CT molecular complexity index is 882. The van der Waals surface area contributed by atoms with Crippen LogP contribution in [-0.4, -0.2) is 26.9 Å². The number of nitrogens with zero attached hydrogens (tertiary/aromatic N) is 4. The maximum absolute atomic E-state index is 6.23. The lowest BCUT2D eigenvalue weighted by Crippen LogP contribution is -2.12. The van der Waals surface area contributed by atoms with Crippen molar-refractivity contribution >= 4 is 29.1 Å². The molecule has 134 valence electrons. The van der Waals surface area contributed by atoms with E-state index in [9.17, 15) is 0 Å². The minimum Gasteiger partial charge on any atom is -0.496 e. The minimum absolute atomic E-state index is 0.385. The van der Waals surface area contributed by atoms with E-state index in [0.717, 1.165) is 17.8 Å². The van der Waals surface area contributed by atoms with Crippen molar-refractivity contribution in [1.82, 2.24) is 19.7 Å². The molecule has 0 amide bonds. The first-order valence-corrected chi connectivity index (χ1v) is 8.39. The minimum atomic E-state index is 0.385. The average Bonchev–Trinajstić information content (AvgIpc) is 3.12. The summed E-state index contributed by atoms with van der Waals surface area (Å²) >= 11 is 6.23. The van der Waals surface area contributed by atoms with Gasteiger partial charge in [-0.2, -0.15) is 10.1 Å². The highest BCUT2D eigenvalue weighted by Crippen LogP contribution is 2.29. The molecule has 0 aliphatic heterocycles. The van der Waals surface area contributed by atoms with Gasteiger partial charge in [-0.15, -0.1) is 0 Å². The summed E-state index contributed by atoms with van der Waals surface area (Å²) in [6, 6.07) is 8.19. The van der Waals surface area contributed by atoms with Crippen LogP contribution in [0.15, 0.2) is 42.9 Å². The molecule has 0 fully saturated rings. The van der Waals surface area contributed by atoms with Crippen LogP contribution in [0.3, 0.4) is 0 Å². The Morgan fingerprint density at radius 3 is 2.85 bits per heavy atom. The number of ether oxygens (including phenoxy) is 1. The standard InChI is InChI=1S/C18H19ClN6O/c1-4-25-11-13(9-21-25)23-18-20-10-15(19)17(24-18)22-12(2)14-7-5-6-8-16(14)26-3/h5-11H,2,4H2,1,3H3,(H2,20,22,23,24). The topological polar surface area (TPSA) is 76.9 Å². The largest absolute Gasteiger partial charge is 0.496 e. The van der Waals surface area contributed by atoms with Gasteiger partial charge < -0.3 is 15.4 Å². The van der Waals surface area contributed by atoms with Crippen molar-refractivity contribution in [2.75, 3.05) is 17.7 Å². The molecule has 2 heterocycles. The molecular formula is C18H19ClN6O. The predicted molar refractivity (Wildman–Crippen MR) is 103 cm³/mol. The Hall–Kier alpha value is -2.80. The second kappa shape index (κ2) is 8.05. The lowest BCUT2D eigenvalue weighted by molar-refractivity contribution is 0.411. The molecule has 26 heavy (non-hydrogen) atoms. The van der Waals surface area contributed by atoms with E-state index in [4.69, 9.17) is 16.3 Å². The molecule has 0 bridgehead atoms. The van der Waals surface area contributed by atoms with Crippen LogP contribution in [0.5, 0.6) is 5.75 Å². The third kappa shape index (κ3) is 4.05. The number of para-hydroxylation sites is 1. The molecule has 0 spiro atoms. The monoisotopic (exact) mass is 370 g/mol. The summed E-state index contributed by atoms with van der Waals surface area (Å²) in [4.78, 5) is 8.62. The van der Waals surface area contributed by atoms with Gasteiger partial charge in [-0.1, -0.05) is 29.8 Å². The number of benzene rings is 1. The van der Waals surface area contributed by atoms with Gasteiger partial charge in [0, 0.05) is 18.3 Å². The van der Waals surface area contributed by atoms with E-state index in [2.05, 4.69) is 32.6 Å². The molecule has 2 radical (unpaired) electrons. The first-order chi connectivity index (χ1) is 12.6. The second-order valence-corrected chi connectivity index (χ2v) is 5.81. The van der Waals surface area contributed by atoms with E-state index in [1.165, 1.54) is 6.20 Å². The number of halogens is 1. The molecule has 8 heteroatoms. The molecule has 2 aromatic heterocycles. The van der Waals surface area contributed by atoms with Crippen molar-refractivity contribution in [3.63, 3.8) is 0 Å². The maximum Gasteiger partial charge on any atom is 0.229 e. The quantitative estimate of drug-likeness (QED) is 0.656. The van der Waals surface area contributed by atoms with E-state index < -0.39 is 0 Å². The summed E-state index contributed by atoms with van der Waals surface area (Å²) < 4.78 is 7.17. The fourth-order valence-corrected chi connectivity index (χ4v) is 2.49. The summed E-state index contributed by atoms with van der Waals surface area (Å²) in [5.41, 5.74) is 1.62. The number of aromatic nitrogens is 4. The lowest BCUT2D eigenvalue weighted by atomic mass is 10.1. The van der Waals surface area contributed by atoms with Gasteiger partial charge in [0.25, 0.3) is 0 Å². The van der Waals surface area contributed by atoms with Gasteiger partial charge in [0.1, 0.15) is 10.8 Å². The zero-order valence-corrected chi connectivity index (χ0v) is 15.3. The number of rotatable bonds is 7. The Morgan fingerprint density at radius 1 is 1.31 bits per heavy atom. The summed E-state index contributed by atoms with van der Waals surface area (Å²) in [7, 11) is 1.61. The van der Waals surface area contributed by atoms with Crippen molar-refractivity contribution in [1.29, 1.82) is 0 Å². The van der Waals surface area contributed by atoms with Crippen molar-refractivity contribution in [2.24, 2.45) is 0 Å². The number of anilines is 3. The number of methoxy groups -OCH3 is 1. The van der Waals surface area contributed by atoms with Gasteiger partial charge in [-0.25, -0.2) is 4.98 Å². The molecule has 0 aliphatic rings. The molecule has 0 atom stereocenters. The smallest absolute Gasteiger partial charge is 0.229 e. The van der Waals surface area contributed by atoms with Gasteiger partial charge in [0.2, 0.25) is 5.95 Å². The fraction of sp³-hybridized carbons (Fsp3) is 0.167.